The predicted octanol–water partition coefficient (Wildman–Crippen LogP) is 4.09. The van der Waals surface area contributed by atoms with Gasteiger partial charge < -0.3 is 20.5 Å². The van der Waals surface area contributed by atoms with Gasteiger partial charge in [-0.2, -0.15) is 0 Å². The Balaban J connectivity index is 1.84. The lowest BCUT2D eigenvalue weighted by Gasteiger charge is -2.17. The normalized spacial score (nSPS) is 11.5. The third-order valence-electron chi connectivity index (χ3n) is 4.31. The van der Waals surface area contributed by atoms with E-state index < -0.39 is 12.1 Å². The van der Waals surface area contributed by atoms with Gasteiger partial charge >= 0.3 is 6.09 Å². The molecule has 144 valence electrons. The Bertz CT molecular complexity index is 930. The molecule has 3 rings (SSSR count). The van der Waals surface area contributed by atoms with Crippen LogP contribution in [0.15, 0.2) is 60.7 Å². The number of hydrogen-bond acceptors (Lipinski definition) is 5. The Morgan fingerprint density at radius 2 is 1.82 bits per heavy atom. The molecule has 3 N–H and O–H groups in total. The minimum Gasteiger partial charge on any atom is -0.497 e. The number of amides is 1. The van der Waals surface area contributed by atoms with Gasteiger partial charge in [-0.25, -0.2) is 4.79 Å². The second kappa shape index (κ2) is 8.85. The molecule has 1 atom stereocenters. The molecule has 0 saturated carbocycles. The van der Waals surface area contributed by atoms with Crippen molar-refractivity contribution < 1.29 is 14.6 Å². The molecule has 7 nitrogen and oxygen atoms in total. The second-order valence-electron chi connectivity index (χ2n) is 6.27. The van der Waals surface area contributed by atoms with E-state index in [0.29, 0.717) is 18.1 Å². The molecule has 28 heavy (non-hydrogen) atoms. The summed E-state index contributed by atoms with van der Waals surface area (Å²) in [5.41, 5.74) is 3.34. The standard InChI is InChI=1S/C21H22N4O3/c1-14(23-21(26)27)18-12-19(22-13-15-8-10-17(28-2)11-9-15)24-25-20(18)16-6-4-3-5-7-16/h3-12,14,23H,13H2,1-2H3,(H,22,24)(H,26,27). The Morgan fingerprint density at radius 3 is 2.46 bits per heavy atom. The van der Waals surface area contributed by atoms with Crippen LogP contribution in [0.2, 0.25) is 0 Å². The van der Waals surface area contributed by atoms with Gasteiger partial charge in [-0.3, -0.25) is 0 Å². The van der Waals surface area contributed by atoms with Crippen LogP contribution in [0.5, 0.6) is 5.75 Å². The summed E-state index contributed by atoms with van der Waals surface area (Å²) in [5, 5.41) is 23.4. The maximum Gasteiger partial charge on any atom is 0.405 e. The van der Waals surface area contributed by atoms with E-state index in [0.717, 1.165) is 22.4 Å². The maximum atomic E-state index is 11.1. The highest BCUT2D eigenvalue weighted by molar-refractivity contribution is 5.68. The zero-order valence-electron chi connectivity index (χ0n) is 15.7. The zero-order chi connectivity index (χ0) is 19.9. The van der Waals surface area contributed by atoms with Crippen LogP contribution in [0, 0.1) is 0 Å². The summed E-state index contributed by atoms with van der Waals surface area (Å²) in [7, 11) is 1.63. The number of nitrogens with zero attached hydrogens (tertiary/aromatic N) is 2. The first-order valence-corrected chi connectivity index (χ1v) is 8.86. The van der Waals surface area contributed by atoms with E-state index in [1.54, 1.807) is 14.0 Å². The number of carboxylic acid groups (broad SMARTS) is 1. The Labute approximate surface area is 163 Å². The monoisotopic (exact) mass is 378 g/mol. The van der Waals surface area contributed by atoms with Gasteiger partial charge in [0.1, 0.15) is 11.6 Å². The molecule has 7 heteroatoms. The molecule has 0 aliphatic heterocycles. The quantitative estimate of drug-likeness (QED) is 0.573. The van der Waals surface area contributed by atoms with Crippen molar-refractivity contribution in [2.24, 2.45) is 0 Å². The molecule has 1 amide bonds. The third-order valence-corrected chi connectivity index (χ3v) is 4.31. The highest BCUT2D eigenvalue weighted by Crippen LogP contribution is 2.27. The molecule has 0 radical (unpaired) electrons. The summed E-state index contributed by atoms with van der Waals surface area (Å²) in [6.07, 6.45) is -1.09. The molecule has 0 aliphatic carbocycles. The molecule has 1 heterocycles. The number of carbonyl (C=O) groups is 1. The largest absolute Gasteiger partial charge is 0.497 e. The number of ether oxygens (including phenoxy) is 1. The maximum absolute atomic E-state index is 11.1. The van der Waals surface area contributed by atoms with E-state index in [-0.39, 0.29) is 0 Å². The Kier molecular flexibility index (Phi) is 6.06. The van der Waals surface area contributed by atoms with E-state index >= 15 is 0 Å². The fraction of sp³-hybridized carbons (Fsp3) is 0.190. The average molecular weight is 378 g/mol. The smallest absolute Gasteiger partial charge is 0.405 e. The molecule has 2 aromatic carbocycles. The number of anilines is 1. The lowest BCUT2D eigenvalue weighted by Crippen LogP contribution is -2.25. The molecule has 1 unspecified atom stereocenters. The van der Waals surface area contributed by atoms with Gasteiger partial charge in [0.15, 0.2) is 0 Å². The molecule has 0 saturated heterocycles. The number of benzene rings is 2. The van der Waals surface area contributed by atoms with Crippen LogP contribution in [-0.2, 0) is 6.54 Å². The van der Waals surface area contributed by atoms with Gasteiger partial charge in [-0.05, 0) is 30.7 Å². The van der Waals surface area contributed by atoms with Crippen molar-refractivity contribution in [1.82, 2.24) is 15.5 Å². The van der Waals surface area contributed by atoms with E-state index in [1.807, 2.05) is 60.7 Å². The van der Waals surface area contributed by atoms with Crippen LogP contribution in [-0.4, -0.2) is 28.5 Å². The Hall–Kier alpha value is -3.61. The lowest BCUT2D eigenvalue weighted by atomic mass is 10.0. The summed E-state index contributed by atoms with van der Waals surface area (Å²) in [5.74, 6) is 1.37. The van der Waals surface area contributed by atoms with Crippen LogP contribution in [0.3, 0.4) is 0 Å². The molecular formula is C21H22N4O3. The van der Waals surface area contributed by atoms with Crippen molar-refractivity contribution in [1.29, 1.82) is 0 Å². The van der Waals surface area contributed by atoms with Crippen LogP contribution >= 0.6 is 0 Å². The van der Waals surface area contributed by atoms with Gasteiger partial charge in [0.05, 0.1) is 18.8 Å². The molecule has 0 fully saturated rings. The van der Waals surface area contributed by atoms with Gasteiger partial charge in [0.25, 0.3) is 0 Å². The van der Waals surface area contributed by atoms with Crippen molar-refractivity contribution in [2.45, 2.75) is 19.5 Å². The molecule has 1 aromatic heterocycles. The summed E-state index contributed by atoms with van der Waals surface area (Å²) in [4.78, 5) is 11.1. The molecule has 3 aromatic rings. The third kappa shape index (κ3) is 4.76. The summed E-state index contributed by atoms with van der Waals surface area (Å²) in [6.45, 7) is 2.34. The van der Waals surface area contributed by atoms with Gasteiger partial charge in [-0.1, -0.05) is 42.5 Å². The van der Waals surface area contributed by atoms with Crippen molar-refractivity contribution in [3.8, 4) is 17.0 Å². The number of aromatic nitrogens is 2. The zero-order valence-corrected chi connectivity index (χ0v) is 15.7. The summed E-state index contributed by atoms with van der Waals surface area (Å²) >= 11 is 0. The highest BCUT2D eigenvalue weighted by Gasteiger charge is 2.17. The van der Waals surface area contributed by atoms with Crippen molar-refractivity contribution in [2.75, 3.05) is 12.4 Å². The topological polar surface area (TPSA) is 96.4 Å². The van der Waals surface area contributed by atoms with Crippen LogP contribution in [0.1, 0.15) is 24.1 Å². The molecule has 0 aliphatic rings. The first-order chi connectivity index (χ1) is 13.6. The summed E-state index contributed by atoms with van der Waals surface area (Å²) < 4.78 is 5.16. The predicted molar refractivity (Wildman–Crippen MR) is 107 cm³/mol. The van der Waals surface area contributed by atoms with Crippen LogP contribution in [0.4, 0.5) is 10.6 Å². The van der Waals surface area contributed by atoms with Gasteiger partial charge in [0, 0.05) is 17.7 Å². The number of nitrogens with one attached hydrogen (secondary N) is 2. The van der Waals surface area contributed by atoms with Gasteiger partial charge in [-0.15, -0.1) is 10.2 Å². The minimum atomic E-state index is -1.09. The van der Waals surface area contributed by atoms with Crippen LogP contribution < -0.4 is 15.4 Å². The fourth-order valence-electron chi connectivity index (χ4n) is 2.84. The first-order valence-electron chi connectivity index (χ1n) is 8.86. The van der Waals surface area contributed by atoms with E-state index in [2.05, 4.69) is 20.8 Å². The molecular weight excluding hydrogens is 356 g/mol. The SMILES string of the molecule is COc1ccc(CNc2cc(C(C)NC(=O)O)c(-c3ccccc3)nn2)cc1. The number of methoxy groups -OCH3 is 1. The van der Waals surface area contributed by atoms with Gasteiger partial charge in [0.2, 0.25) is 0 Å². The highest BCUT2D eigenvalue weighted by atomic mass is 16.5. The van der Waals surface area contributed by atoms with E-state index in [9.17, 15) is 4.79 Å². The summed E-state index contributed by atoms with van der Waals surface area (Å²) in [6, 6.07) is 18.7. The fourth-order valence-corrected chi connectivity index (χ4v) is 2.84. The number of hydrogen-bond donors (Lipinski definition) is 3. The lowest BCUT2D eigenvalue weighted by molar-refractivity contribution is 0.191. The first kappa shape index (κ1) is 19.2. The number of rotatable bonds is 7. The van der Waals surface area contributed by atoms with Crippen molar-refractivity contribution >= 4 is 11.9 Å². The van der Waals surface area contributed by atoms with Crippen molar-refractivity contribution in [3.05, 3.63) is 71.8 Å². The minimum absolute atomic E-state index is 0.440. The Morgan fingerprint density at radius 1 is 1.11 bits per heavy atom. The molecule has 0 bridgehead atoms. The van der Waals surface area contributed by atoms with E-state index in [4.69, 9.17) is 9.84 Å². The van der Waals surface area contributed by atoms with E-state index in [1.165, 1.54) is 0 Å². The second-order valence-corrected chi connectivity index (χ2v) is 6.27. The molecule has 0 spiro atoms. The van der Waals surface area contributed by atoms with Crippen molar-refractivity contribution in [3.63, 3.8) is 0 Å². The van der Waals surface area contributed by atoms with Crippen LogP contribution in [0.25, 0.3) is 11.3 Å². The average Bonchev–Trinajstić information content (AvgIpc) is 2.72.